The van der Waals surface area contributed by atoms with E-state index in [1.165, 1.54) is 0 Å². The normalized spacial score (nSPS) is 36.9. The Morgan fingerprint density at radius 3 is 2.15 bits per heavy atom. The summed E-state index contributed by atoms with van der Waals surface area (Å²) in [5.41, 5.74) is -0.607. The van der Waals surface area contributed by atoms with E-state index in [0.29, 0.717) is 12.8 Å². The summed E-state index contributed by atoms with van der Waals surface area (Å²) in [5.74, 6) is 0. The quantitative estimate of drug-likeness (QED) is 0.334. The number of ether oxygens (including phenoxy) is 1. The molecule has 7 nitrogen and oxygen atoms in total. The Hall–Kier alpha value is -0.280. The summed E-state index contributed by atoms with van der Waals surface area (Å²) < 4.78 is 5.51. The second-order valence-electron chi connectivity index (χ2n) is 6.11. The van der Waals surface area contributed by atoms with E-state index < -0.39 is 48.6 Å². The Morgan fingerprint density at radius 2 is 1.65 bits per heavy atom. The first-order chi connectivity index (χ1) is 9.24. The third kappa shape index (κ3) is 3.88. The van der Waals surface area contributed by atoms with Crippen molar-refractivity contribution in [2.24, 2.45) is 5.41 Å². The second kappa shape index (κ2) is 7.13. The van der Waals surface area contributed by atoms with Crippen molar-refractivity contribution in [3.05, 3.63) is 0 Å². The summed E-state index contributed by atoms with van der Waals surface area (Å²) in [4.78, 5) is 0. The van der Waals surface area contributed by atoms with Gasteiger partial charge in [-0.2, -0.15) is 0 Å². The Bertz CT molecular complexity index is 294. The highest BCUT2D eigenvalue weighted by atomic mass is 16.5. The largest absolute Gasteiger partial charge is 0.394 e. The van der Waals surface area contributed by atoms with Gasteiger partial charge in [0, 0.05) is 0 Å². The molecule has 1 fully saturated rings. The van der Waals surface area contributed by atoms with Gasteiger partial charge in [0.25, 0.3) is 0 Å². The monoisotopic (exact) mass is 294 g/mol. The first-order valence-corrected chi connectivity index (χ1v) is 6.84. The SMILES string of the molecule is CC(C)(CCC(O)CO)[C@@H]1OC(CO)[C@@H](O)C(O)C1O. The molecule has 0 aliphatic carbocycles. The molecule has 0 radical (unpaired) electrons. The predicted octanol–water partition coefficient (Wildman–Crippen LogP) is -2.01. The molecule has 0 aromatic rings. The fourth-order valence-electron chi connectivity index (χ4n) is 2.52. The van der Waals surface area contributed by atoms with Crippen LogP contribution in [0.2, 0.25) is 0 Å². The zero-order valence-electron chi connectivity index (χ0n) is 11.9. The van der Waals surface area contributed by atoms with Gasteiger partial charge in [0.15, 0.2) is 0 Å². The standard InChI is InChI=1S/C13H26O7/c1-13(2,4-3-7(16)5-14)12-11(19)10(18)9(17)8(6-15)20-12/h7-12,14-19H,3-6H2,1-2H3/t7?,8?,9-,10?,11?,12-/m1/s1. The third-order valence-electron chi connectivity index (χ3n) is 4.00. The van der Waals surface area contributed by atoms with E-state index in [1.807, 2.05) is 0 Å². The first kappa shape index (κ1) is 17.8. The molecule has 0 bridgehead atoms. The lowest BCUT2D eigenvalue weighted by molar-refractivity contribution is -0.253. The molecule has 0 aromatic carbocycles. The van der Waals surface area contributed by atoms with Crippen molar-refractivity contribution in [2.45, 2.75) is 63.3 Å². The average Bonchev–Trinajstić information content (AvgIpc) is 2.42. The topological polar surface area (TPSA) is 131 Å². The van der Waals surface area contributed by atoms with Gasteiger partial charge in [-0.3, -0.25) is 0 Å². The van der Waals surface area contributed by atoms with Crippen LogP contribution >= 0.6 is 0 Å². The van der Waals surface area contributed by atoms with E-state index in [4.69, 9.17) is 14.9 Å². The van der Waals surface area contributed by atoms with E-state index >= 15 is 0 Å². The minimum atomic E-state index is -1.40. The molecule has 1 heterocycles. The minimum Gasteiger partial charge on any atom is -0.394 e. The Balaban J connectivity index is 2.76. The van der Waals surface area contributed by atoms with E-state index in [-0.39, 0.29) is 6.61 Å². The Kier molecular flexibility index (Phi) is 6.33. The van der Waals surface area contributed by atoms with Crippen molar-refractivity contribution >= 4 is 0 Å². The predicted molar refractivity (Wildman–Crippen MR) is 69.9 cm³/mol. The van der Waals surface area contributed by atoms with Crippen LogP contribution in [-0.2, 0) is 4.74 Å². The third-order valence-corrected chi connectivity index (χ3v) is 4.00. The lowest BCUT2D eigenvalue weighted by Gasteiger charge is -2.46. The average molecular weight is 294 g/mol. The molecule has 7 heteroatoms. The van der Waals surface area contributed by atoms with Gasteiger partial charge in [0.1, 0.15) is 24.4 Å². The smallest absolute Gasteiger partial charge is 0.111 e. The maximum absolute atomic E-state index is 10.1. The van der Waals surface area contributed by atoms with Gasteiger partial charge in [-0.25, -0.2) is 0 Å². The van der Waals surface area contributed by atoms with Crippen LogP contribution in [0.25, 0.3) is 0 Å². The highest BCUT2D eigenvalue weighted by molar-refractivity contribution is 4.97. The van der Waals surface area contributed by atoms with Crippen LogP contribution in [0.3, 0.4) is 0 Å². The van der Waals surface area contributed by atoms with E-state index in [9.17, 15) is 20.4 Å². The van der Waals surface area contributed by atoms with Crippen LogP contribution in [0.1, 0.15) is 26.7 Å². The fourth-order valence-corrected chi connectivity index (χ4v) is 2.52. The molecule has 4 unspecified atom stereocenters. The van der Waals surface area contributed by atoms with Gasteiger partial charge in [-0.1, -0.05) is 13.8 Å². The first-order valence-electron chi connectivity index (χ1n) is 6.84. The zero-order chi connectivity index (χ0) is 15.5. The summed E-state index contributed by atoms with van der Waals surface area (Å²) in [5, 5.41) is 56.9. The number of hydrogen-bond acceptors (Lipinski definition) is 7. The molecule has 120 valence electrons. The van der Waals surface area contributed by atoms with Gasteiger partial charge in [-0.05, 0) is 18.3 Å². The minimum absolute atomic E-state index is 0.318. The van der Waals surface area contributed by atoms with Crippen molar-refractivity contribution < 1.29 is 35.4 Å². The van der Waals surface area contributed by atoms with Crippen molar-refractivity contribution in [3.8, 4) is 0 Å². The van der Waals surface area contributed by atoms with Crippen LogP contribution < -0.4 is 0 Å². The number of aliphatic hydroxyl groups excluding tert-OH is 6. The summed E-state index contributed by atoms with van der Waals surface area (Å²) in [6.07, 6.45) is -5.86. The van der Waals surface area contributed by atoms with Gasteiger partial charge in [-0.15, -0.1) is 0 Å². The number of aliphatic hydroxyl groups is 6. The van der Waals surface area contributed by atoms with Crippen LogP contribution in [0, 0.1) is 5.41 Å². The van der Waals surface area contributed by atoms with Gasteiger partial charge in [0.05, 0.1) is 25.4 Å². The Labute approximate surface area is 118 Å². The van der Waals surface area contributed by atoms with E-state index in [1.54, 1.807) is 13.8 Å². The molecule has 6 N–H and O–H groups in total. The summed E-state index contributed by atoms with van der Waals surface area (Å²) in [7, 11) is 0. The second-order valence-corrected chi connectivity index (χ2v) is 6.11. The molecular weight excluding hydrogens is 268 g/mol. The van der Waals surface area contributed by atoms with Crippen LogP contribution in [-0.4, -0.2) is 80.5 Å². The summed E-state index contributed by atoms with van der Waals surface area (Å²) in [6.45, 7) is 2.79. The maximum atomic E-state index is 10.1. The molecule has 1 rings (SSSR count). The van der Waals surface area contributed by atoms with Crippen molar-refractivity contribution in [1.82, 2.24) is 0 Å². The molecule has 1 aliphatic heterocycles. The van der Waals surface area contributed by atoms with E-state index in [0.717, 1.165) is 0 Å². The molecule has 1 aliphatic rings. The van der Waals surface area contributed by atoms with Crippen LogP contribution in [0.4, 0.5) is 0 Å². The van der Waals surface area contributed by atoms with Gasteiger partial charge >= 0.3 is 0 Å². The highest BCUT2D eigenvalue weighted by Crippen LogP contribution is 2.37. The van der Waals surface area contributed by atoms with E-state index in [2.05, 4.69) is 0 Å². The van der Waals surface area contributed by atoms with Crippen LogP contribution in [0.15, 0.2) is 0 Å². The number of rotatable bonds is 6. The lowest BCUT2D eigenvalue weighted by Crippen LogP contribution is -2.62. The molecule has 6 atom stereocenters. The summed E-state index contributed by atoms with van der Waals surface area (Å²) >= 11 is 0. The fraction of sp³-hybridized carbons (Fsp3) is 1.00. The Morgan fingerprint density at radius 1 is 1.05 bits per heavy atom. The molecule has 1 saturated heterocycles. The molecular formula is C13H26O7. The van der Waals surface area contributed by atoms with Crippen molar-refractivity contribution in [2.75, 3.05) is 13.2 Å². The number of hydrogen-bond donors (Lipinski definition) is 6. The molecule has 20 heavy (non-hydrogen) atoms. The van der Waals surface area contributed by atoms with Gasteiger partial charge in [0.2, 0.25) is 0 Å². The molecule has 0 spiro atoms. The molecule has 0 saturated carbocycles. The highest BCUT2D eigenvalue weighted by Gasteiger charge is 2.48. The van der Waals surface area contributed by atoms with Crippen molar-refractivity contribution in [1.29, 1.82) is 0 Å². The zero-order valence-corrected chi connectivity index (χ0v) is 11.9. The summed E-state index contributed by atoms with van der Waals surface area (Å²) in [6, 6.07) is 0. The molecule has 0 aromatic heterocycles. The maximum Gasteiger partial charge on any atom is 0.111 e. The molecule has 0 amide bonds. The van der Waals surface area contributed by atoms with Crippen molar-refractivity contribution in [3.63, 3.8) is 0 Å². The lowest BCUT2D eigenvalue weighted by atomic mass is 9.75. The van der Waals surface area contributed by atoms with Crippen LogP contribution in [0.5, 0.6) is 0 Å². The van der Waals surface area contributed by atoms with Gasteiger partial charge < -0.3 is 35.4 Å².